The molecule has 2 amide bonds. The van der Waals surface area contributed by atoms with Gasteiger partial charge in [0.25, 0.3) is 5.91 Å². The van der Waals surface area contributed by atoms with Crippen LogP contribution in [0.25, 0.3) is 0 Å². The molecule has 1 aromatic heterocycles. The van der Waals surface area contributed by atoms with E-state index in [0.717, 1.165) is 36.9 Å². The molecule has 2 aromatic rings. The van der Waals surface area contributed by atoms with Gasteiger partial charge >= 0.3 is 0 Å². The smallest absolute Gasteiger partial charge is 0.254 e. The average molecular weight is 392 g/mol. The van der Waals surface area contributed by atoms with Gasteiger partial charge < -0.3 is 20.8 Å². The molecule has 1 aromatic carbocycles. The van der Waals surface area contributed by atoms with Gasteiger partial charge in [-0.05, 0) is 36.6 Å². The summed E-state index contributed by atoms with van der Waals surface area (Å²) in [7, 11) is 0. The molecule has 4 N–H and O–H groups in total. The van der Waals surface area contributed by atoms with Crippen LogP contribution >= 0.6 is 12.4 Å². The minimum atomic E-state index is -0.218. The molecule has 1 aliphatic rings. The van der Waals surface area contributed by atoms with Crippen LogP contribution in [0, 0.1) is 5.92 Å². The number of rotatable bonds is 6. The second-order valence-electron chi connectivity index (χ2n) is 6.71. The molecule has 6 nitrogen and oxygen atoms in total. The van der Waals surface area contributed by atoms with E-state index in [1.807, 2.05) is 24.3 Å². The number of nitrogens with one attached hydrogen (secondary N) is 2. The van der Waals surface area contributed by atoms with E-state index in [2.05, 4.69) is 10.6 Å². The first-order valence-corrected chi connectivity index (χ1v) is 9.11. The fourth-order valence-electron chi connectivity index (χ4n) is 3.26. The van der Waals surface area contributed by atoms with Crippen LogP contribution in [0.2, 0.25) is 0 Å². The lowest BCUT2D eigenvalue weighted by molar-refractivity contribution is -0.120. The summed E-state index contributed by atoms with van der Waals surface area (Å²) in [5.74, 6) is 0.566. The molecular formula is C20H26ClN3O3. The van der Waals surface area contributed by atoms with E-state index in [1.165, 1.54) is 12.7 Å². The molecule has 0 spiro atoms. The van der Waals surface area contributed by atoms with Gasteiger partial charge in [-0.15, -0.1) is 12.4 Å². The summed E-state index contributed by atoms with van der Waals surface area (Å²) in [4.78, 5) is 24.5. The van der Waals surface area contributed by atoms with Crippen molar-refractivity contribution in [3.63, 3.8) is 0 Å². The predicted octanol–water partition coefficient (Wildman–Crippen LogP) is 3.61. The van der Waals surface area contributed by atoms with Gasteiger partial charge in [0.1, 0.15) is 12.0 Å². The minimum absolute atomic E-state index is 0. The number of nitrogens with two attached hydrogens (primary N) is 1. The third-order valence-electron chi connectivity index (χ3n) is 4.74. The van der Waals surface area contributed by atoms with E-state index in [4.69, 9.17) is 10.2 Å². The van der Waals surface area contributed by atoms with Crippen molar-refractivity contribution in [1.82, 2.24) is 5.32 Å². The Morgan fingerprint density at radius 1 is 1.15 bits per heavy atom. The Bertz CT molecular complexity index is 769. The lowest BCUT2D eigenvalue weighted by Crippen LogP contribution is -2.25. The number of benzene rings is 1. The van der Waals surface area contributed by atoms with Crippen molar-refractivity contribution in [2.45, 2.75) is 45.2 Å². The molecule has 7 heteroatoms. The van der Waals surface area contributed by atoms with Crippen molar-refractivity contribution < 1.29 is 14.0 Å². The maximum Gasteiger partial charge on any atom is 0.254 e. The Morgan fingerprint density at radius 2 is 1.93 bits per heavy atom. The molecule has 146 valence electrons. The Kier molecular flexibility index (Phi) is 7.88. The number of furan rings is 1. The van der Waals surface area contributed by atoms with Crippen molar-refractivity contribution in [2.24, 2.45) is 11.7 Å². The lowest BCUT2D eigenvalue weighted by atomic mass is 9.88. The maximum absolute atomic E-state index is 12.4. The molecule has 0 bridgehead atoms. The number of hydrogen-bond donors (Lipinski definition) is 3. The highest BCUT2D eigenvalue weighted by Gasteiger charge is 2.21. The number of amides is 2. The van der Waals surface area contributed by atoms with Crippen molar-refractivity contribution in [1.29, 1.82) is 0 Å². The van der Waals surface area contributed by atoms with E-state index >= 15 is 0 Å². The lowest BCUT2D eigenvalue weighted by Gasteiger charge is -2.20. The van der Waals surface area contributed by atoms with Crippen LogP contribution in [0.1, 0.15) is 53.8 Å². The Hall–Kier alpha value is -2.31. The van der Waals surface area contributed by atoms with Gasteiger partial charge in [-0.25, -0.2) is 0 Å². The average Bonchev–Trinajstić information content (AvgIpc) is 3.16. The second-order valence-corrected chi connectivity index (χ2v) is 6.71. The summed E-state index contributed by atoms with van der Waals surface area (Å²) in [6.07, 6.45) is 6.82. The maximum atomic E-state index is 12.4. The zero-order valence-corrected chi connectivity index (χ0v) is 16.0. The molecule has 0 unspecified atom stereocenters. The highest BCUT2D eigenvalue weighted by molar-refractivity contribution is 5.94. The molecule has 0 saturated heterocycles. The Morgan fingerprint density at radius 3 is 2.63 bits per heavy atom. The third kappa shape index (κ3) is 5.84. The summed E-state index contributed by atoms with van der Waals surface area (Å²) < 4.78 is 5.17. The quantitative estimate of drug-likeness (QED) is 0.700. The van der Waals surface area contributed by atoms with Crippen molar-refractivity contribution in [2.75, 3.05) is 5.32 Å². The van der Waals surface area contributed by atoms with Crippen LogP contribution in [-0.4, -0.2) is 11.8 Å². The van der Waals surface area contributed by atoms with Crippen molar-refractivity contribution in [3.05, 3.63) is 53.5 Å². The molecule has 3 rings (SSSR count). The van der Waals surface area contributed by atoms with Crippen LogP contribution in [0.5, 0.6) is 0 Å². The molecule has 1 aliphatic carbocycles. The summed E-state index contributed by atoms with van der Waals surface area (Å²) in [6, 6.07) is 9.19. The van der Waals surface area contributed by atoms with Gasteiger partial charge in [0, 0.05) is 18.2 Å². The molecule has 0 aliphatic heterocycles. The first kappa shape index (κ1) is 21.0. The van der Waals surface area contributed by atoms with Gasteiger partial charge in [0.15, 0.2) is 0 Å². The van der Waals surface area contributed by atoms with Crippen LogP contribution in [-0.2, 0) is 17.9 Å². The molecule has 0 atom stereocenters. The molecule has 1 heterocycles. The normalized spacial score (nSPS) is 14.3. The summed E-state index contributed by atoms with van der Waals surface area (Å²) in [5.41, 5.74) is 7.61. The monoisotopic (exact) mass is 391 g/mol. The van der Waals surface area contributed by atoms with E-state index in [0.29, 0.717) is 17.9 Å². The highest BCUT2D eigenvalue weighted by atomic mass is 35.5. The topological polar surface area (TPSA) is 97.4 Å². The zero-order valence-electron chi connectivity index (χ0n) is 15.2. The van der Waals surface area contributed by atoms with Crippen LogP contribution in [0.15, 0.2) is 41.0 Å². The summed E-state index contributed by atoms with van der Waals surface area (Å²) in [5, 5.41) is 5.85. The van der Waals surface area contributed by atoms with Gasteiger partial charge in [0.05, 0.1) is 12.1 Å². The van der Waals surface area contributed by atoms with E-state index < -0.39 is 0 Å². The van der Waals surface area contributed by atoms with E-state index in [9.17, 15) is 9.59 Å². The number of hydrogen-bond acceptors (Lipinski definition) is 4. The summed E-state index contributed by atoms with van der Waals surface area (Å²) in [6.45, 7) is 0.630. The number of anilines is 1. The minimum Gasteiger partial charge on any atom is -0.467 e. The Balaban J connectivity index is 0.00000261. The second kappa shape index (κ2) is 10.1. The molecule has 1 saturated carbocycles. The third-order valence-corrected chi connectivity index (χ3v) is 4.74. The molecule has 27 heavy (non-hydrogen) atoms. The molecule has 0 radical (unpaired) electrons. The zero-order chi connectivity index (χ0) is 18.4. The SMILES string of the molecule is Cl.NCc1cc(C(=O)NCc2cccc(NC(=O)C3CCCCC3)c2)co1. The number of halogens is 1. The standard InChI is InChI=1S/C20H25N3O3.ClH/c21-11-18-10-16(13-26-18)19(24)22-12-14-5-4-8-17(9-14)23-20(25)15-6-2-1-3-7-15;/h4-5,8-10,13,15H,1-3,6-7,11-12,21H2,(H,22,24)(H,23,25);1H. The summed E-state index contributed by atoms with van der Waals surface area (Å²) >= 11 is 0. The van der Waals surface area contributed by atoms with Crippen molar-refractivity contribution >= 4 is 29.9 Å². The predicted molar refractivity (Wildman–Crippen MR) is 107 cm³/mol. The number of carbonyl (C=O) groups excluding carboxylic acids is 2. The van der Waals surface area contributed by atoms with E-state index in [-0.39, 0.29) is 36.7 Å². The van der Waals surface area contributed by atoms with Gasteiger partial charge in [-0.3, -0.25) is 9.59 Å². The first-order chi connectivity index (χ1) is 12.7. The largest absolute Gasteiger partial charge is 0.467 e. The molecular weight excluding hydrogens is 366 g/mol. The van der Waals surface area contributed by atoms with Crippen LogP contribution in [0.4, 0.5) is 5.69 Å². The number of carbonyl (C=O) groups is 2. The van der Waals surface area contributed by atoms with Gasteiger partial charge in [0.2, 0.25) is 5.91 Å². The Labute approximate surface area is 165 Å². The first-order valence-electron chi connectivity index (χ1n) is 9.11. The van der Waals surface area contributed by atoms with Crippen LogP contribution in [0.3, 0.4) is 0 Å². The van der Waals surface area contributed by atoms with Crippen LogP contribution < -0.4 is 16.4 Å². The highest BCUT2D eigenvalue weighted by Crippen LogP contribution is 2.25. The van der Waals surface area contributed by atoms with Gasteiger partial charge in [-0.2, -0.15) is 0 Å². The van der Waals surface area contributed by atoms with Crippen molar-refractivity contribution in [3.8, 4) is 0 Å². The fourth-order valence-corrected chi connectivity index (χ4v) is 3.26. The fraction of sp³-hybridized carbons (Fsp3) is 0.400. The molecule has 1 fully saturated rings. The van der Waals surface area contributed by atoms with Gasteiger partial charge in [-0.1, -0.05) is 31.4 Å². The van der Waals surface area contributed by atoms with E-state index in [1.54, 1.807) is 6.07 Å².